The molecule has 1 atom stereocenters. The summed E-state index contributed by atoms with van der Waals surface area (Å²) >= 11 is 5.55. The van der Waals surface area contributed by atoms with Crippen LogP contribution in [0.15, 0.2) is 16.5 Å². The van der Waals surface area contributed by atoms with E-state index in [9.17, 15) is 4.79 Å². The number of carbonyl (C=O) groups excluding carboxylic acids is 1. The summed E-state index contributed by atoms with van der Waals surface area (Å²) in [7, 11) is 0. The zero-order valence-electron chi connectivity index (χ0n) is 7.46. The lowest BCUT2D eigenvalue weighted by molar-refractivity contribution is 0.0902. The van der Waals surface area contributed by atoms with Crippen LogP contribution < -0.4 is 5.32 Å². The Labute approximate surface area is 86.2 Å². The molecule has 1 aromatic rings. The Morgan fingerprint density at radius 1 is 1.57 bits per heavy atom. The second-order valence-corrected chi connectivity index (χ2v) is 3.51. The highest BCUT2D eigenvalue weighted by Crippen LogP contribution is 2.13. The molecule has 0 saturated carbocycles. The van der Waals surface area contributed by atoms with Crippen molar-refractivity contribution in [2.75, 3.05) is 13.2 Å². The third-order valence-electron chi connectivity index (χ3n) is 2.06. The van der Waals surface area contributed by atoms with Gasteiger partial charge in [0.1, 0.15) is 0 Å². The van der Waals surface area contributed by atoms with E-state index < -0.39 is 0 Å². The van der Waals surface area contributed by atoms with Crippen LogP contribution in [0.2, 0.25) is 5.22 Å². The van der Waals surface area contributed by atoms with E-state index in [4.69, 9.17) is 20.8 Å². The van der Waals surface area contributed by atoms with Gasteiger partial charge in [0.2, 0.25) is 0 Å². The van der Waals surface area contributed by atoms with Gasteiger partial charge in [-0.15, -0.1) is 0 Å². The van der Waals surface area contributed by atoms with Gasteiger partial charge in [-0.05, 0) is 30.2 Å². The highest BCUT2D eigenvalue weighted by atomic mass is 35.5. The van der Waals surface area contributed by atoms with Gasteiger partial charge in [0, 0.05) is 6.61 Å². The number of hydrogen-bond acceptors (Lipinski definition) is 3. The van der Waals surface area contributed by atoms with Gasteiger partial charge in [0.15, 0.2) is 11.0 Å². The fraction of sp³-hybridized carbons (Fsp3) is 0.444. The minimum absolute atomic E-state index is 0.0892. The highest BCUT2D eigenvalue weighted by Gasteiger charge is 2.20. The summed E-state index contributed by atoms with van der Waals surface area (Å²) in [6.07, 6.45) is 0.847. The number of amides is 1. The fourth-order valence-electron chi connectivity index (χ4n) is 1.34. The molecule has 1 aromatic heterocycles. The van der Waals surface area contributed by atoms with Crippen LogP contribution in [0.1, 0.15) is 17.0 Å². The molecule has 1 N–H and O–H groups in total. The molecule has 1 unspecified atom stereocenters. The molecule has 5 heteroatoms. The van der Waals surface area contributed by atoms with E-state index in [-0.39, 0.29) is 22.9 Å². The Bertz CT molecular complexity index is 331. The first kappa shape index (κ1) is 9.55. The van der Waals surface area contributed by atoms with E-state index >= 15 is 0 Å². The Morgan fingerprint density at radius 2 is 2.43 bits per heavy atom. The van der Waals surface area contributed by atoms with Crippen molar-refractivity contribution in [3.8, 4) is 0 Å². The van der Waals surface area contributed by atoms with Crippen LogP contribution in [-0.2, 0) is 4.74 Å². The topological polar surface area (TPSA) is 51.5 Å². The monoisotopic (exact) mass is 215 g/mol. The van der Waals surface area contributed by atoms with Gasteiger partial charge in [-0.25, -0.2) is 0 Å². The minimum Gasteiger partial charge on any atom is -0.440 e. The second-order valence-electron chi connectivity index (χ2n) is 3.14. The van der Waals surface area contributed by atoms with Gasteiger partial charge in [0.25, 0.3) is 5.91 Å². The van der Waals surface area contributed by atoms with Crippen molar-refractivity contribution >= 4 is 17.5 Å². The number of halogens is 1. The van der Waals surface area contributed by atoms with Gasteiger partial charge in [-0.2, -0.15) is 0 Å². The fourth-order valence-corrected chi connectivity index (χ4v) is 1.49. The molecule has 1 aliphatic heterocycles. The normalized spacial score (nSPS) is 21.1. The summed E-state index contributed by atoms with van der Waals surface area (Å²) in [4.78, 5) is 11.5. The maximum atomic E-state index is 11.5. The molecule has 2 heterocycles. The summed E-state index contributed by atoms with van der Waals surface area (Å²) in [5.41, 5.74) is 0. The summed E-state index contributed by atoms with van der Waals surface area (Å²) in [5, 5.41) is 3.01. The lowest BCUT2D eigenvalue weighted by Crippen LogP contribution is -2.34. The zero-order chi connectivity index (χ0) is 9.97. The summed E-state index contributed by atoms with van der Waals surface area (Å²) in [6, 6.07) is 3.18. The van der Waals surface area contributed by atoms with Crippen LogP contribution in [-0.4, -0.2) is 25.2 Å². The molecule has 76 valence electrons. The van der Waals surface area contributed by atoms with Crippen molar-refractivity contribution in [2.24, 2.45) is 0 Å². The molecule has 1 fully saturated rings. The van der Waals surface area contributed by atoms with Gasteiger partial charge in [-0.1, -0.05) is 0 Å². The van der Waals surface area contributed by atoms with E-state index in [0.717, 1.165) is 6.42 Å². The summed E-state index contributed by atoms with van der Waals surface area (Å²) < 4.78 is 10.1. The molecule has 0 radical (unpaired) electrons. The third-order valence-corrected chi connectivity index (χ3v) is 2.27. The molecule has 1 aliphatic rings. The quantitative estimate of drug-likeness (QED) is 0.813. The van der Waals surface area contributed by atoms with Crippen LogP contribution in [0.4, 0.5) is 0 Å². The third kappa shape index (κ3) is 2.08. The van der Waals surface area contributed by atoms with Crippen LogP contribution in [0, 0.1) is 0 Å². The van der Waals surface area contributed by atoms with Gasteiger partial charge < -0.3 is 14.5 Å². The van der Waals surface area contributed by atoms with Crippen LogP contribution in [0.3, 0.4) is 0 Å². The maximum Gasteiger partial charge on any atom is 0.287 e. The Kier molecular flexibility index (Phi) is 2.74. The van der Waals surface area contributed by atoms with Crippen molar-refractivity contribution in [3.63, 3.8) is 0 Å². The lowest BCUT2D eigenvalue weighted by Gasteiger charge is -2.08. The molecule has 14 heavy (non-hydrogen) atoms. The number of carbonyl (C=O) groups is 1. The first-order valence-corrected chi connectivity index (χ1v) is 4.77. The van der Waals surface area contributed by atoms with Crippen LogP contribution in [0.25, 0.3) is 0 Å². The molecular weight excluding hydrogens is 206 g/mol. The lowest BCUT2D eigenvalue weighted by atomic mass is 10.2. The number of ether oxygens (including phenoxy) is 1. The molecule has 4 nitrogen and oxygen atoms in total. The van der Waals surface area contributed by atoms with E-state index in [1.54, 1.807) is 12.1 Å². The Morgan fingerprint density at radius 3 is 3.00 bits per heavy atom. The molecule has 1 amide bonds. The van der Waals surface area contributed by atoms with Gasteiger partial charge in [0.05, 0.1) is 12.6 Å². The molecule has 2 rings (SSSR count). The predicted octanol–water partition coefficient (Wildman–Crippen LogP) is 1.45. The van der Waals surface area contributed by atoms with E-state index in [0.29, 0.717) is 13.2 Å². The smallest absolute Gasteiger partial charge is 0.287 e. The number of hydrogen-bond donors (Lipinski definition) is 1. The van der Waals surface area contributed by atoms with Crippen molar-refractivity contribution in [1.82, 2.24) is 5.32 Å². The van der Waals surface area contributed by atoms with Crippen molar-refractivity contribution in [2.45, 2.75) is 12.5 Å². The maximum absolute atomic E-state index is 11.5. The molecule has 0 bridgehead atoms. The van der Waals surface area contributed by atoms with Crippen LogP contribution in [0.5, 0.6) is 0 Å². The number of furan rings is 1. The van der Waals surface area contributed by atoms with Crippen molar-refractivity contribution in [1.29, 1.82) is 0 Å². The SMILES string of the molecule is O=C(NC1CCOC1)c1ccc(Cl)o1. The summed E-state index contributed by atoms with van der Waals surface area (Å²) in [6.45, 7) is 1.27. The van der Waals surface area contributed by atoms with Gasteiger partial charge in [-0.3, -0.25) is 4.79 Å². The molecule has 0 spiro atoms. The molecule has 1 saturated heterocycles. The molecule has 0 aromatic carbocycles. The van der Waals surface area contributed by atoms with Crippen LogP contribution >= 0.6 is 11.6 Å². The average Bonchev–Trinajstić information content (AvgIpc) is 2.75. The summed E-state index contributed by atoms with van der Waals surface area (Å²) in [5.74, 6) is -0.00528. The standard InChI is InChI=1S/C9H10ClNO3/c10-8-2-1-7(14-8)9(12)11-6-3-4-13-5-6/h1-2,6H,3-5H2,(H,11,12). The molecule has 0 aliphatic carbocycles. The van der Waals surface area contributed by atoms with E-state index in [1.807, 2.05) is 0 Å². The largest absolute Gasteiger partial charge is 0.440 e. The zero-order valence-corrected chi connectivity index (χ0v) is 8.21. The van der Waals surface area contributed by atoms with Crippen molar-refractivity contribution < 1.29 is 13.9 Å². The Hall–Kier alpha value is -1.00. The highest BCUT2D eigenvalue weighted by molar-refractivity contribution is 6.29. The van der Waals surface area contributed by atoms with E-state index in [1.165, 1.54) is 0 Å². The Balaban J connectivity index is 1.95. The first-order chi connectivity index (χ1) is 6.75. The minimum atomic E-state index is -0.243. The van der Waals surface area contributed by atoms with Gasteiger partial charge >= 0.3 is 0 Å². The number of nitrogens with one attached hydrogen (secondary N) is 1. The average molecular weight is 216 g/mol. The second kappa shape index (κ2) is 4.02. The molecular formula is C9H10ClNO3. The first-order valence-electron chi connectivity index (χ1n) is 4.39. The predicted molar refractivity (Wildman–Crippen MR) is 50.4 cm³/mol. The van der Waals surface area contributed by atoms with E-state index in [2.05, 4.69) is 5.32 Å². The number of rotatable bonds is 2. The van der Waals surface area contributed by atoms with Crippen molar-refractivity contribution in [3.05, 3.63) is 23.1 Å².